The van der Waals surface area contributed by atoms with Crippen LogP contribution in [-0.2, 0) is 4.79 Å². The first kappa shape index (κ1) is 21.1. The van der Waals surface area contributed by atoms with Crippen LogP contribution in [0.4, 0.5) is 11.4 Å². The Balaban J connectivity index is 1.61. The van der Waals surface area contributed by atoms with Gasteiger partial charge in [0, 0.05) is 16.9 Å². The van der Waals surface area contributed by atoms with Crippen molar-refractivity contribution >= 4 is 23.2 Å². The van der Waals surface area contributed by atoms with Crippen LogP contribution in [0.1, 0.15) is 34.8 Å². The van der Waals surface area contributed by atoms with E-state index in [9.17, 15) is 9.59 Å². The first-order valence-corrected chi connectivity index (χ1v) is 9.97. The van der Waals surface area contributed by atoms with Crippen molar-refractivity contribution in [1.82, 2.24) is 0 Å². The molecule has 5 nitrogen and oxygen atoms in total. The zero-order valence-corrected chi connectivity index (χ0v) is 17.4. The first-order valence-electron chi connectivity index (χ1n) is 9.97. The van der Waals surface area contributed by atoms with Crippen LogP contribution in [-0.4, -0.2) is 17.9 Å². The molecule has 2 amide bonds. The highest BCUT2D eigenvalue weighted by atomic mass is 16.5. The summed E-state index contributed by atoms with van der Waals surface area (Å²) in [5.74, 6) is 0.319. The molecule has 0 aliphatic carbocycles. The maximum Gasteiger partial charge on any atom is 0.265 e. The Morgan fingerprint density at radius 3 is 2.17 bits per heavy atom. The van der Waals surface area contributed by atoms with Crippen molar-refractivity contribution in [2.24, 2.45) is 0 Å². The lowest BCUT2D eigenvalue weighted by Gasteiger charge is -2.18. The lowest BCUT2D eigenvalue weighted by molar-refractivity contribution is -0.122. The van der Waals surface area contributed by atoms with E-state index in [0.717, 1.165) is 11.1 Å². The zero-order chi connectivity index (χ0) is 21.5. The van der Waals surface area contributed by atoms with Crippen LogP contribution < -0.4 is 15.4 Å². The summed E-state index contributed by atoms with van der Waals surface area (Å²) in [6.45, 7) is 5.80. The van der Waals surface area contributed by atoms with Gasteiger partial charge in [-0.3, -0.25) is 9.59 Å². The number of ether oxygens (including phenoxy) is 1. The van der Waals surface area contributed by atoms with Gasteiger partial charge < -0.3 is 15.4 Å². The summed E-state index contributed by atoms with van der Waals surface area (Å²) in [5.41, 5.74) is 3.91. The monoisotopic (exact) mass is 402 g/mol. The zero-order valence-electron chi connectivity index (χ0n) is 17.4. The molecule has 0 aromatic heterocycles. The number of hydrogen-bond donors (Lipinski definition) is 2. The second-order valence-corrected chi connectivity index (χ2v) is 7.17. The fourth-order valence-corrected chi connectivity index (χ4v) is 3.01. The number of para-hydroxylation sites is 1. The van der Waals surface area contributed by atoms with Crippen molar-refractivity contribution in [2.75, 3.05) is 10.6 Å². The SMILES string of the molecule is CCC(Oc1ccccc1C)C(=O)Nc1ccc(NC(=O)c2cccc(C)c2)cc1. The average Bonchev–Trinajstić information content (AvgIpc) is 2.74. The van der Waals surface area contributed by atoms with E-state index in [4.69, 9.17) is 4.74 Å². The predicted molar refractivity (Wildman–Crippen MR) is 120 cm³/mol. The van der Waals surface area contributed by atoms with Crippen molar-refractivity contribution in [1.29, 1.82) is 0 Å². The molecule has 0 fully saturated rings. The highest BCUT2D eigenvalue weighted by Crippen LogP contribution is 2.20. The molecule has 3 rings (SSSR count). The summed E-state index contributed by atoms with van der Waals surface area (Å²) in [7, 11) is 0. The molecule has 0 radical (unpaired) electrons. The van der Waals surface area contributed by atoms with Gasteiger partial charge in [-0.25, -0.2) is 0 Å². The van der Waals surface area contributed by atoms with Gasteiger partial charge in [0.15, 0.2) is 6.10 Å². The molecule has 5 heteroatoms. The van der Waals surface area contributed by atoms with E-state index < -0.39 is 6.10 Å². The Hall–Kier alpha value is -3.60. The van der Waals surface area contributed by atoms with Crippen molar-refractivity contribution in [3.05, 3.63) is 89.5 Å². The predicted octanol–water partition coefficient (Wildman–Crippen LogP) is 5.35. The minimum atomic E-state index is -0.591. The van der Waals surface area contributed by atoms with Crippen molar-refractivity contribution in [3.63, 3.8) is 0 Å². The Labute approximate surface area is 177 Å². The van der Waals surface area contributed by atoms with Crippen LogP contribution in [0, 0.1) is 13.8 Å². The molecule has 0 spiro atoms. The van der Waals surface area contributed by atoms with Crippen LogP contribution in [0.5, 0.6) is 5.75 Å². The summed E-state index contributed by atoms with van der Waals surface area (Å²) in [4.78, 5) is 25.0. The second kappa shape index (κ2) is 9.74. The van der Waals surface area contributed by atoms with E-state index in [0.29, 0.717) is 29.1 Å². The molecule has 154 valence electrons. The fourth-order valence-electron chi connectivity index (χ4n) is 3.01. The van der Waals surface area contributed by atoms with Gasteiger partial charge in [-0.1, -0.05) is 42.8 Å². The Bertz CT molecular complexity index is 1030. The lowest BCUT2D eigenvalue weighted by atomic mass is 10.1. The molecule has 0 aliphatic rings. The molecule has 30 heavy (non-hydrogen) atoms. The maximum absolute atomic E-state index is 12.6. The van der Waals surface area contributed by atoms with Crippen molar-refractivity contribution in [3.8, 4) is 5.75 Å². The normalized spacial score (nSPS) is 11.4. The topological polar surface area (TPSA) is 67.4 Å². The van der Waals surface area contributed by atoms with Gasteiger partial charge in [-0.15, -0.1) is 0 Å². The molecule has 0 saturated heterocycles. The van der Waals surface area contributed by atoms with E-state index in [1.54, 1.807) is 30.3 Å². The van der Waals surface area contributed by atoms with Crippen LogP contribution in [0.15, 0.2) is 72.8 Å². The molecular weight excluding hydrogens is 376 g/mol. The number of rotatable bonds is 7. The summed E-state index contributed by atoms with van der Waals surface area (Å²) in [5, 5.41) is 5.74. The number of carbonyl (C=O) groups is 2. The van der Waals surface area contributed by atoms with Crippen LogP contribution in [0.3, 0.4) is 0 Å². The molecule has 3 aromatic rings. The molecule has 3 aromatic carbocycles. The van der Waals surface area contributed by atoms with Gasteiger partial charge >= 0.3 is 0 Å². The van der Waals surface area contributed by atoms with Crippen LogP contribution in [0.2, 0.25) is 0 Å². The lowest BCUT2D eigenvalue weighted by Crippen LogP contribution is -2.32. The van der Waals surface area contributed by atoms with Gasteiger partial charge in [0.1, 0.15) is 5.75 Å². The largest absolute Gasteiger partial charge is 0.480 e. The molecule has 0 aliphatic heterocycles. The summed E-state index contributed by atoms with van der Waals surface area (Å²) < 4.78 is 5.89. The third-order valence-electron chi connectivity index (χ3n) is 4.72. The quantitative estimate of drug-likeness (QED) is 0.560. The van der Waals surface area contributed by atoms with E-state index in [-0.39, 0.29) is 11.8 Å². The number of hydrogen-bond acceptors (Lipinski definition) is 3. The van der Waals surface area contributed by atoms with Gasteiger partial charge in [0.2, 0.25) is 0 Å². The Kier molecular flexibility index (Phi) is 6.86. The highest BCUT2D eigenvalue weighted by Gasteiger charge is 2.19. The number of aryl methyl sites for hydroxylation is 2. The summed E-state index contributed by atoms with van der Waals surface area (Å²) in [6.07, 6.45) is -0.0445. The summed E-state index contributed by atoms with van der Waals surface area (Å²) in [6, 6.07) is 22.1. The molecule has 0 bridgehead atoms. The van der Waals surface area contributed by atoms with Gasteiger partial charge in [0.05, 0.1) is 0 Å². The molecule has 0 saturated carbocycles. The van der Waals surface area contributed by atoms with E-state index in [1.807, 2.05) is 63.2 Å². The fraction of sp³-hybridized carbons (Fsp3) is 0.200. The molecule has 0 heterocycles. The van der Waals surface area contributed by atoms with Crippen molar-refractivity contribution in [2.45, 2.75) is 33.3 Å². The third-order valence-corrected chi connectivity index (χ3v) is 4.72. The smallest absolute Gasteiger partial charge is 0.265 e. The number of amides is 2. The molecule has 2 N–H and O–H groups in total. The molecule has 1 atom stereocenters. The van der Waals surface area contributed by atoms with Gasteiger partial charge in [-0.05, 0) is 68.3 Å². The van der Waals surface area contributed by atoms with Crippen LogP contribution in [0.25, 0.3) is 0 Å². The second-order valence-electron chi connectivity index (χ2n) is 7.17. The summed E-state index contributed by atoms with van der Waals surface area (Å²) >= 11 is 0. The Morgan fingerprint density at radius 1 is 0.867 bits per heavy atom. The van der Waals surface area contributed by atoms with E-state index in [2.05, 4.69) is 10.6 Å². The van der Waals surface area contributed by atoms with E-state index >= 15 is 0 Å². The number of benzene rings is 3. The number of anilines is 2. The average molecular weight is 402 g/mol. The minimum absolute atomic E-state index is 0.173. The maximum atomic E-state index is 12.6. The van der Waals surface area contributed by atoms with E-state index in [1.165, 1.54) is 0 Å². The number of carbonyl (C=O) groups excluding carboxylic acids is 2. The third kappa shape index (κ3) is 5.47. The van der Waals surface area contributed by atoms with Gasteiger partial charge in [0.25, 0.3) is 11.8 Å². The number of nitrogens with one attached hydrogen (secondary N) is 2. The Morgan fingerprint density at radius 2 is 1.53 bits per heavy atom. The molecule has 1 unspecified atom stereocenters. The highest BCUT2D eigenvalue weighted by molar-refractivity contribution is 6.04. The van der Waals surface area contributed by atoms with Gasteiger partial charge in [-0.2, -0.15) is 0 Å². The molecular formula is C25H26N2O3. The first-order chi connectivity index (χ1) is 14.5. The standard InChI is InChI=1S/C25H26N2O3/c1-4-22(30-23-11-6-5-9-18(23)3)25(29)27-21-14-12-20(13-15-21)26-24(28)19-10-7-8-17(2)16-19/h5-16,22H,4H2,1-3H3,(H,26,28)(H,27,29). The van der Waals surface area contributed by atoms with Crippen molar-refractivity contribution < 1.29 is 14.3 Å². The minimum Gasteiger partial charge on any atom is -0.480 e. The van der Waals surface area contributed by atoms with Crippen LogP contribution >= 0.6 is 0 Å².